The molecule has 23 heavy (non-hydrogen) atoms. The van der Waals surface area contributed by atoms with Crippen molar-refractivity contribution in [1.82, 2.24) is 9.88 Å². The third-order valence-electron chi connectivity index (χ3n) is 4.96. The molecule has 0 spiro atoms. The van der Waals surface area contributed by atoms with Crippen molar-refractivity contribution in [2.45, 2.75) is 32.6 Å². The maximum atomic E-state index is 12.4. The first-order chi connectivity index (χ1) is 11.0. The Morgan fingerprint density at radius 3 is 2.65 bits per heavy atom. The van der Waals surface area contributed by atoms with Crippen molar-refractivity contribution in [3.05, 3.63) is 24.0 Å². The van der Waals surface area contributed by atoms with Gasteiger partial charge in [0.1, 0.15) is 0 Å². The molecule has 1 amide bonds. The predicted octanol–water partition coefficient (Wildman–Crippen LogP) is 2.72. The maximum absolute atomic E-state index is 12.4. The molecule has 0 atom stereocenters. The number of hydrogen-bond acceptors (Lipinski definition) is 3. The van der Waals surface area contributed by atoms with Gasteiger partial charge in [0.25, 0.3) is 0 Å². The van der Waals surface area contributed by atoms with E-state index >= 15 is 0 Å². The van der Waals surface area contributed by atoms with Crippen molar-refractivity contribution in [2.24, 2.45) is 11.8 Å². The number of likely N-dealkylation sites (tertiary alicyclic amines) is 1. The molecule has 6 heteroatoms. The Morgan fingerprint density at radius 2 is 2.04 bits per heavy atom. The maximum Gasteiger partial charge on any atom is 0.239 e. The summed E-state index contributed by atoms with van der Waals surface area (Å²) in [6.45, 7) is 4.77. The number of aryl methyl sites for hydroxylation is 1. The lowest BCUT2D eigenvalue weighted by Gasteiger charge is -2.43. The molecular formula is C17H23F2N3O. The normalized spacial score (nSPS) is 20.0. The Kier molecular flexibility index (Phi) is 4.78. The highest BCUT2D eigenvalue weighted by Gasteiger charge is 2.36. The standard InChI is InChI=1S/C17H23F2N3O/c1-12-9-20-5-2-15(12)21-6-3-14(4-7-21)17(23)22-10-13(11-22)8-16(18)19/h2,5,9,13-14,16H,3-4,6-8,10-11H2,1H3. The fourth-order valence-electron chi connectivity index (χ4n) is 3.60. The van der Waals surface area contributed by atoms with E-state index in [1.54, 1.807) is 11.1 Å². The van der Waals surface area contributed by atoms with Crippen LogP contribution >= 0.6 is 0 Å². The minimum atomic E-state index is -2.26. The monoisotopic (exact) mass is 323 g/mol. The largest absolute Gasteiger partial charge is 0.371 e. The van der Waals surface area contributed by atoms with Crippen LogP contribution in [0.25, 0.3) is 0 Å². The smallest absolute Gasteiger partial charge is 0.239 e. The highest BCUT2D eigenvalue weighted by Crippen LogP contribution is 2.29. The molecule has 0 N–H and O–H groups in total. The van der Waals surface area contributed by atoms with Gasteiger partial charge in [-0.05, 0) is 37.3 Å². The van der Waals surface area contributed by atoms with Crippen LogP contribution in [-0.2, 0) is 4.79 Å². The Hall–Kier alpha value is -1.72. The second-order valence-corrected chi connectivity index (χ2v) is 6.66. The van der Waals surface area contributed by atoms with E-state index in [9.17, 15) is 13.6 Å². The molecule has 2 fully saturated rings. The van der Waals surface area contributed by atoms with Gasteiger partial charge in [0.2, 0.25) is 12.3 Å². The fraction of sp³-hybridized carbons (Fsp3) is 0.647. The fourth-order valence-corrected chi connectivity index (χ4v) is 3.60. The summed E-state index contributed by atoms with van der Waals surface area (Å²) in [7, 11) is 0. The molecule has 0 bridgehead atoms. The number of rotatable bonds is 4. The number of pyridine rings is 1. The van der Waals surface area contributed by atoms with Gasteiger partial charge in [0, 0.05) is 56.6 Å². The van der Waals surface area contributed by atoms with Crippen molar-refractivity contribution >= 4 is 11.6 Å². The molecule has 3 rings (SSSR count). The van der Waals surface area contributed by atoms with Gasteiger partial charge in [-0.25, -0.2) is 8.78 Å². The molecule has 2 saturated heterocycles. The molecule has 4 nitrogen and oxygen atoms in total. The van der Waals surface area contributed by atoms with Crippen LogP contribution in [0.1, 0.15) is 24.8 Å². The van der Waals surface area contributed by atoms with Crippen molar-refractivity contribution in [3.8, 4) is 0 Å². The summed E-state index contributed by atoms with van der Waals surface area (Å²) in [6.07, 6.45) is 2.97. The first-order valence-corrected chi connectivity index (χ1v) is 8.27. The number of carbonyl (C=O) groups is 1. The summed E-state index contributed by atoms with van der Waals surface area (Å²) in [5.41, 5.74) is 2.33. The number of aromatic nitrogens is 1. The van der Waals surface area contributed by atoms with E-state index in [-0.39, 0.29) is 24.2 Å². The van der Waals surface area contributed by atoms with Gasteiger partial charge < -0.3 is 9.80 Å². The summed E-state index contributed by atoms with van der Waals surface area (Å²) in [4.78, 5) is 20.6. The number of carbonyl (C=O) groups excluding carboxylic acids is 1. The molecule has 1 aromatic rings. The number of halogens is 2. The molecule has 3 heterocycles. The van der Waals surface area contributed by atoms with Crippen LogP contribution in [0.2, 0.25) is 0 Å². The van der Waals surface area contributed by atoms with Crippen molar-refractivity contribution in [2.75, 3.05) is 31.1 Å². The Bertz CT molecular complexity index is 553. The van der Waals surface area contributed by atoms with Crippen LogP contribution in [0.4, 0.5) is 14.5 Å². The second kappa shape index (κ2) is 6.81. The molecule has 2 aliphatic heterocycles. The van der Waals surface area contributed by atoms with Crippen molar-refractivity contribution in [3.63, 3.8) is 0 Å². The van der Waals surface area contributed by atoms with Crippen LogP contribution in [0, 0.1) is 18.8 Å². The third kappa shape index (κ3) is 3.62. The van der Waals surface area contributed by atoms with Gasteiger partial charge in [-0.3, -0.25) is 9.78 Å². The van der Waals surface area contributed by atoms with E-state index in [2.05, 4.69) is 9.88 Å². The van der Waals surface area contributed by atoms with Gasteiger partial charge in [0.15, 0.2) is 0 Å². The number of hydrogen-bond donors (Lipinski definition) is 0. The lowest BCUT2D eigenvalue weighted by Crippen LogP contribution is -2.53. The van der Waals surface area contributed by atoms with Crippen molar-refractivity contribution < 1.29 is 13.6 Å². The Balaban J connectivity index is 1.48. The SMILES string of the molecule is Cc1cnccc1N1CCC(C(=O)N2CC(CC(F)F)C2)CC1. The van der Waals surface area contributed by atoms with E-state index in [4.69, 9.17) is 0 Å². The van der Waals surface area contributed by atoms with Crippen LogP contribution in [0.3, 0.4) is 0 Å². The average Bonchev–Trinajstić information content (AvgIpc) is 2.50. The lowest BCUT2D eigenvalue weighted by atomic mass is 9.90. The van der Waals surface area contributed by atoms with Crippen molar-refractivity contribution in [1.29, 1.82) is 0 Å². The number of amides is 1. The number of piperidine rings is 1. The van der Waals surface area contributed by atoms with Gasteiger partial charge in [0.05, 0.1) is 0 Å². The third-order valence-corrected chi connectivity index (χ3v) is 4.96. The van der Waals surface area contributed by atoms with E-state index < -0.39 is 6.43 Å². The minimum absolute atomic E-state index is 0.0153. The van der Waals surface area contributed by atoms with Crippen LogP contribution in [0.5, 0.6) is 0 Å². The zero-order chi connectivity index (χ0) is 16.4. The number of alkyl halides is 2. The molecule has 1 aromatic heterocycles. The van der Waals surface area contributed by atoms with E-state index in [0.717, 1.165) is 31.5 Å². The van der Waals surface area contributed by atoms with Crippen LogP contribution in [0.15, 0.2) is 18.5 Å². The summed E-state index contributed by atoms with van der Waals surface area (Å²) in [6, 6.07) is 2.02. The second-order valence-electron chi connectivity index (χ2n) is 6.66. The van der Waals surface area contributed by atoms with Gasteiger partial charge in [-0.1, -0.05) is 0 Å². The molecule has 0 unspecified atom stereocenters. The average molecular weight is 323 g/mol. The number of nitrogens with zero attached hydrogens (tertiary/aromatic N) is 3. The highest BCUT2D eigenvalue weighted by atomic mass is 19.3. The zero-order valence-electron chi connectivity index (χ0n) is 13.4. The van der Waals surface area contributed by atoms with Gasteiger partial charge >= 0.3 is 0 Å². The molecular weight excluding hydrogens is 300 g/mol. The first-order valence-electron chi connectivity index (χ1n) is 8.27. The lowest BCUT2D eigenvalue weighted by molar-refractivity contribution is -0.143. The molecule has 2 aliphatic rings. The van der Waals surface area contributed by atoms with E-state index in [1.807, 2.05) is 19.2 Å². The van der Waals surface area contributed by atoms with E-state index in [1.165, 1.54) is 5.69 Å². The molecule has 126 valence electrons. The van der Waals surface area contributed by atoms with Crippen LogP contribution < -0.4 is 4.90 Å². The van der Waals surface area contributed by atoms with Gasteiger partial charge in [-0.15, -0.1) is 0 Å². The van der Waals surface area contributed by atoms with Crippen LogP contribution in [-0.4, -0.2) is 48.4 Å². The molecule has 0 aromatic carbocycles. The number of anilines is 1. The molecule has 0 aliphatic carbocycles. The topological polar surface area (TPSA) is 36.4 Å². The summed E-state index contributed by atoms with van der Waals surface area (Å²) in [5.74, 6) is 0.181. The summed E-state index contributed by atoms with van der Waals surface area (Å²) >= 11 is 0. The minimum Gasteiger partial charge on any atom is -0.371 e. The first kappa shape index (κ1) is 16.1. The zero-order valence-corrected chi connectivity index (χ0v) is 13.4. The predicted molar refractivity (Wildman–Crippen MR) is 84.6 cm³/mol. The Labute approximate surface area is 135 Å². The molecule has 0 radical (unpaired) electrons. The Morgan fingerprint density at radius 1 is 1.35 bits per heavy atom. The van der Waals surface area contributed by atoms with Gasteiger partial charge in [-0.2, -0.15) is 0 Å². The highest BCUT2D eigenvalue weighted by molar-refractivity contribution is 5.80. The molecule has 0 saturated carbocycles. The quantitative estimate of drug-likeness (QED) is 0.855. The summed E-state index contributed by atoms with van der Waals surface area (Å²) < 4.78 is 24.6. The summed E-state index contributed by atoms with van der Waals surface area (Å²) in [5, 5.41) is 0. The van der Waals surface area contributed by atoms with E-state index in [0.29, 0.717) is 13.1 Å².